The lowest BCUT2D eigenvalue weighted by atomic mass is 10.1. The summed E-state index contributed by atoms with van der Waals surface area (Å²) in [5.74, 6) is 0.644. The Morgan fingerprint density at radius 2 is 2.20 bits per heavy atom. The van der Waals surface area contributed by atoms with E-state index in [4.69, 9.17) is 0 Å². The van der Waals surface area contributed by atoms with Crippen molar-refractivity contribution in [3.8, 4) is 6.07 Å². The second-order valence-corrected chi connectivity index (χ2v) is 6.15. The third kappa shape index (κ3) is 4.33. The van der Waals surface area contributed by atoms with Crippen molar-refractivity contribution in [1.82, 2.24) is 10.2 Å². The topological polar surface area (TPSA) is 39.1 Å². The van der Waals surface area contributed by atoms with E-state index < -0.39 is 0 Å². The highest BCUT2D eigenvalue weighted by atomic mass is 15.2. The SMILES string of the molecule is CC(C)CN(Cc1ccccc1C#N)CC1CCCN1. The number of rotatable bonds is 6. The maximum Gasteiger partial charge on any atom is 0.0995 e. The zero-order valence-electron chi connectivity index (χ0n) is 12.6. The molecular weight excluding hydrogens is 246 g/mol. The lowest BCUT2D eigenvalue weighted by molar-refractivity contribution is 0.216. The molecule has 0 radical (unpaired) electrons. The highest BCUT2D eigenvalue weighted by molar-refractivity contribution is 5.37. The maximum absolute atomic E-state index is 9.22. The van der Waals surface area contributed by atoms with E-state index in [-0.39, 0.29) is 0 Å². The minimum absolute atomic E-state index is 0.614. The van der Waals surface area contributed by atoms with E-state index in [1.54, 1.807) is 0 Å². The van der Waals surface area contributed by atoms with Gasteiger partial charge in [0.2, 0.25) is 0 Å². The summed E-state index contributed by atoms with van der Waals surface area (Å²) in [6.45, 7) is 8.70. The summed E-state index contributed by atoms with van der Waals surface area (Å²) >= 11 is 0. The molecule has 1 aliphatic rings. The molecule has 1 atom stereocenters. The van der Waals surface area contributed by atoms with Gasteiger partial charge < -0.3 is 5.32 Å². The summed E-state index contributed by atoms with van der Waals surface area (Å²) in [7, 11) is 0. The van der Waals surface area contributed by atoms with Crippen molar-refractivity contribution < 1.29 is 0 Å². The first kappa shape index (κ1) is 15.0. The summed E-state index contributed by atoms with van der Waals surface area (Å²) < 4.78 is 0. The molecule has 0 saturated carbocycles. The number of hydrogen-bond donors (Lipinski definition) is 1. The highest BCUT2D eigenvalue weighted by Crippen LogP contribution is 2.15. The van der Waals surface area contributed by atoms with Crippen molar-refractivity contribution in [3.05, 3.63) is 35.4 Å². The lowest BCUT2D eigenvalue weighted by Crippen LogP contribution is -2.39. The Kier molecular flexibility index (Phi) is 5.58. The molecule has 0 spiro atoms. The van der Waals surface area contributed by atoms with Gasteiger partial charge in [-0.05, 0) is 36.9 Å². The van der Waals surface area contributed by atoms with Gasteiger partial charge in [0.15, 0.2) is 0 Å². The lowest BCUT2D eigenvalue weighted by Gasteiger charge is -2.27. The molecule has 1 unspecified atom stereocenters. The summed E-state index contributed by atoms with van der Waals surface area (Å²) in [6.07, 6.45) is 2.56. The Morgan fingerprint density at radius 3 is 2.85 bits per heavy atom. The van der Waals surface area contributed by atoms with Gasteiger partial charge in [-0.1, -0.05) is 32.0 Å². The van der Waals surface area contributed by atoms with Gasteiger partial charge in [0.1, 0.15) is 0 Å². The average molecular weight is 271 g/mol. The molecule has 0 aliphatic carbocycles. The van der Waals surface area contributed by atoms with Gasteiger partial charge in [0.25, 0.3) is 0 Å². The van der Waals surface area contributed by atoms with Crippen LogP contribution in [0.4, 0.5) is 0 Å². The monoisotopic (exact) mass is 271 g/mol. The molecular formula is C17H25N3. The van der Waals surface area contributed by atoms with Gasteiger partial charge in [-0.25, -0.2) is 0 Å². The van der Waals surface area contributed by atoms with Crippen LogP contribution in [0.15, 0.2) is 24.3 Å². The minimum Gasteiger partial charge on any atom is -0.313 e. The van der Waals surface area contributed by atoms with Crippen LogP contribution in [0.1, 0.15) is 37.8 Å². The van der Waals surface area contributed by atoms with E-state index in [1.165, 1.54) is 12.8 Å². The molecule has 3 nitrogen and oxygen atoms in total. The summed E-state index contributed by atoms with van der Waals surface area (Å²) in [5, 5.41) is 12.8. The summed E-state index contributed by atoms with van der Waals surface area (Å²) in [5.41, 5.74) is 1.95. The maximum atomic E-state index is 9.22. The number of nitriles is 1. The standard InChI is InChI=1S/C17H25N3/c1-14(2)11-20(13-17-8-5-9-19-17)12-16-7-4-3-6-15(16)10-18/h3-4,6-7,14,17,19H,5,8-9,11-13H2,1-2H3. The fourth-order valence-corrected chi connectivity index (χ4v) is 2.95. The van der Waals surface area contributed by atoms with Crippen LogP contribution >= 0.6 is 0 Å². The molecule has 0 amide bonds. The van der Waals surface area contributed by atoms with Crippen LogP contribution in [0.2, 0.25) is 0 Å². The third-order valence-electron chi connectivity index (χ3n) is 3.80. The Bertz CT molecular complexity index is 456. The normalized spacial score (nSPS) is 18.6. The van der Waals surface area contributed by atoms with Gasteiger partial charge >= 0.3 is 0 Å². The quantitative estimate of drug-likeness (QED) is 0.864. The first-order valence-electron chi connectivity index (χ1n) is 7.62. The fourth-order valence-electron chi connectivity index (χ4n) is 2.95. The molecule has 1 N–H and O–H groups in total. The predicted molar refractivity (Wildman–Crippen MR) is 82.3 cm³/mol. The Morgan fingerprint density at radius 1 is 1.40 bits per heavy atom. The van der Waals surface area contributed by atoms with E-state index in [2.05, 4.69) is 36.2 Å². The van der Waals surface area contributed by atoms with Crippen molar-refractivity contribution in [2.45, 2.75) is 39.3 Å². The van der Waals surface area contributed by atoms with Crippen molar-refractivity contribution >= 4 is 0 Å². The Labute approximate surface area is 122 Å². The van der Waals surface area contributed by atoms with Crippen molar-refractivity contribution in [1.29, 1.82) is 5.26 Å². The summed E-state index contributed by atoms with van der Waals surface area (Å²) in [6, 6.07) is 10.9. The molecule has 0 aromatic heterocycles. The number of benzene rings is 1. The largest absolute Gasteiger partial charge is 0.313 e. The van der Waals surface area contributed by atoms with Crippen molar-refractivity contribution in [3.63, 3.8) is 0 Å². The van der Waals surface area contributed by atoms with Gasteiger partial charge in [-0.2, -0.15) is 5.26 Å². The smallest absolute Gasteiger partial charge is 0.0995 e. The van der Waals surface area contributed by atoms with Crippen LogP contribution in [0, 0.1) is 17.2 Å². The van der Waals surface area contributed by atoms with E-state index in [0.717, 1.165) is 37.3 Å². The van der Waals surface area contributed by atoms with Gasteiger partial charge in [-0.3, -0.25) is 4.90 Å². The van der Waals surface area contributed by atoms with Crippen LogP contribution < -0.4 is 5.32 Å². The van der Waals surface area contributed by atoms with Crippen LogP contribution in [0.5, 0.6) is 0 Å². The molecule has 20 heavy (non-hydrogen) atoms. The first-order valence-corrected chi connectivity index (χ1v) is 7.62. The second-order valence-electron chi connectivity index (χ2n) is 6.15. The fraction of sp³-hybridized carbons (Fsp3) is 0.588. The van der Waals surface area contributed by atoms with Gasteiger partial charge in [0, 0.05) is 25.7 Å². The zero-order chi connectivity index (χ0) is 14.4. The molecule has 1 fully saturated rings. The first-order chi connectivity index (χ1) is 9.69. The molecule has 1 aliphatic heterocycles. The summed E-state index contributed by atoms with van der Waals surface area (Å²) in [4.78, 5) is 2.49. The number of nitrogens with zero attached hydrogens (tertiary/aromatic N) is 2. The van der Waals surface area contributed by atoms with Crippen LogP contribution in [-0.4, -0.2) is 30.6 Å². The van der Waals surface area contributed by atoms with E-state index in [1.807, 2.05) is 18.2 Å². The van der Waals surface area contributed by atoms with Crippen LogP contribution in [0.25, 0.3) is 0 Å². The molecule has 1 aromatic rings. The minimum atomic E-state index is 0.614. The molecule has 2 rings (SSSR count). The van der Waals surface area contributed by atoms with E-state index >= 15 is 0 Å². The number of nitrogens with one attached hydrogen (secondary N) is 1. The molecule has 108 valence electrons. The van der Waals surface area contributed by atoms with E-state index in [9.17, 15) is 5.26 Å². The van der Waals surface area contributed by atoms with Crippen molar-refractivity contribution in [2.24, 2.45) is 5.92 Å². The van der Waals surface area contributed by atoms with E-state index in [0.29, 0.717) is 12.0 Å². The molecule has 1 heterocycles. The molecule has 3 heteroatoms. The van der Waals surface area contributed by atoms with Gasteiger partial charge in [-0.15, -0.1) is 0 Å². The molecule has 0 bridgehead atoms. The van der Waals surface area contributed by atoms with Gasteiger partial charge in [0.05, 0.1) is 11.6 Å². The average Bonchev–Trinajstić information content (AvgIpc) is 2.91. The number of hydrogen-bond acceptors (Lipinski definition) is 3. The molecule has 1 aromatic carbocycles. The predicted octanol–water partition coefficient (Wildman–Crippen LogP) is 2.77. The second kappa shape index (κ2) is 7.42. The third-order valence-corrected chi connectivity index (χ3v) is 3.80. The Balaban J connectivity index is 2.04. The van der Waals surface area contributed by atoms with Crippen LogP contribution in [0.3, 0.4) is 0 Å². The highest BCUT2D eigenvalue weighted by Gasteiger charge is 2.19. The van der Waals surface area contributed by atoms with Crippen LogP contribution in [-0.2, 0) is 6.54 Å². The Hall–Kier alpha value is -1.37. The van der Waals surface area contributed by atoms with Crippen molar-refractivity contribution in [2.75, 3.05) is 19.6 Å². The molecule has 1 saturated heterocycles. The zero-order valence-corrected chi connectivity index (χ0v) is 12.6.